The maximum Gasteiger partial charge on any atom is 0.326 e. The van der Waals surface area contributed by atoms with E-state index < -0.39 is 16.9 Å². The fraction of sp³-hybridized carbons (Fsp3) is 0.0909. The number of carbonyl (C=O) groups is 2. The lowest BCUT2D eigenvalue weighted by molar-refractivity contribution is -0.384. The summed E-state index contributed by atoms with van der Waals surface area (Å²) in [6.07, 6.45) is 0. The van der Waals surface area contributed by atoms with Crippen LogP contribution in [0.15, 0.2) is 36.4 Å². The summed E-state index contributed by atoms with van der Waals surface area (Å²) < 4.78 is 0. The van der Waals surface area contributed by atoms with Gasteiger partial charge in [-0.25, -0.2) is 4.79 Å². The number of benzene rings is 1. The molecule has 0 saturated heterocycles. The van der Waals surface area contributed by atoms with E-state index in [1.165, 1.54) is 31.2 Å². The average Bonchev–Trinajstić information content (AvgIpc) is 2.29. The predicted octanol–water partition coefficient (Wildman–Crippen LogP) is 1.82. The van der Waals surface area contributed by atoms with E-state index in [9.17, 15) is 19.7 Å². The van der Waals surface area contributed by atoms with Crippen molar-refractivity contribution in [3.63, 3.8) is 0 Å². The number of imide groups is 1. The lowest BCUT2D eigenvalue weighted by Gasteiger charge is -2.05. The Morgan fingerprint density at radius 2 is 1.83 bits per heavy atom. The number of nitro groups is 1. The zero-order valence-corrected chi connectivity index (χ0v) is 9.60. The molecule has 2 N–H and O–H groups in total. The Morgan fingerprint density at radius 3 is 2.28 bits per heavy atom. The van der Waals surface area contributed by atoms with Crippen LogP contribution in [0.3, 0.4) is 0 Å². The van der Waals surface area contributed by atoms with Gasteiger partial charge < -0.3 is 5.32 Å². The van der Waals surface area contributed by atoms with Crippen LogP contribution in [0.2, 0.25) is 0 Å². The van der Waals surface area contributed by atoms with Crippen LogP contribution < -0.4 is 10.6 Å². The van der Waals surface area contributed by atoms with Gasteiger partial charge in [-0.05, 0) is 19.1 Å². The summed E-state index contributed by atoms with van der Waals surface area (Å²) >= 11 is 0. The first-order chi connectivity index (χ1) is 8.40. The Hall–Kier alpha value is -2.70. The molecule has 1 aromatic rings. The van der Waals surface area contributed by atoms with Gasteiger partial charge in [-0.2, -0.15) is 0 Å². The molecule has 0 atom stereocenters. The highest BCUT2D eigenvalue weighted by Crippen LogP contribution is 2.15. The highest BCUT2D eigenvalue weighted by molar-refractivity contribution is 6.07. The number of nitrogens with one attached hydrogen (secondary N) is 2. The van der Waals surface area contributed by atoms with Crippen LogP contribution in [-0.2, 0) is 4.79 Å². The molecule has 0 aliphatic rings. The van der Waals surface area contributed by atoms with Crippen molar-refractivity contribution >= 4 is 23.3 Å². The number of hydrogen-bond acceptors (Lipinski definition) is 4. The molecule has 7 heteroatoms. The van der Waals surface area contributed by atoms with Gasteiger partial charge >= 0.3 is 6.03 Å². The molecule has 94 valence electrons. The van der Waals surface area contributed by atoms with E-state index >= 15 is 0 Å². The summed E-state index contributed by atoms with van der Waals surface area (Å²) in [6.45, 7) is 4.85. The van der Waals surface area contributed by atoms with Gasteiger partial charge in [0.15, 0.2) is 0 Å². The lowest BCUT2D eigenvalue weighted by atomic mass is 10.3. The van der Waals surface area contributed by atoms with Crippen LogP contribution in [0.4, 0.5) is 16.2 Å². The van der Waals surface area contributed by atoms with Crippen molar-refractivity contribution in [3.8, 4) is 0 Å². The molecule has 0 bridgehead atoms. The second kappa shape index (κ2) is 5.58. The largest absolute Gasteiger partial charge is 0.326 e. The third-order valence-electron chi connectivity index (χ3n) is 1.95. The predicted molar refractivity (Wildman–Crippen MR) is 65.1 cm³/mol. The smallest absolute Gasteiger partial charge is 0.308 e. The molecule has 0 radical (unpaired) electrons. The third-order valence-corrected chi connectivity index (χ3v) is 1.95. The molecule has 18 heavy (non-hydrogen) atoms. The Balaban J connectivity index is 2.62. The van der Waals surface area contributed by atoms with Gasteiger partial charge in [-0.15, -0.1) is 0 Å². The van der Waals surface area contributed by atoms with Crippen molar-refractivity contribution in [2.75, 3.05) is 5.32 Å². The quantitative estimate of drug-likeness (QED) is 0.484. The Kier molecular flexibility index (Phi) is 4.14. The van der Waals surface area contributed by atoms with Crippen LogP contribution in [0.1, 0.15) is 6.92 Å². The maximum absolute atomic E-state index is 11.3. The molecular formula is C11H11N3O4. The van der Waals surface area contributed by atoms with Crippen molar-refractivity contribution in [2.24, 2.45) is 0 Å². The van der Waals surface area contributed by atoms with E-state index in [4.69, 9.17) is 0 Å². The van der Waals surface area contributed by atoms with Crippen molar-refractivity contribution < 1.29 is 14.5 Å². The number of non-ortho nitro benzene ring substituents is 1. The molecule has 3 amide bonds. The van der Waals surface area contributed by atoms with E-state index in [0.29, 0.717) is 5.69 Å². The standard InChI is InChI=1S/C11H11N3O4/c1-7(2)10(15)13-11(16)12-8-3-5-9(6-4-8)14(17)18/h3-6H,1H2,2H3,(H2,12,13,15,16). The van der Waals surface area contributed by atoms with Gasteiger partial charge in [-0.3, -0.25) is 20.2 Å². The van der Waals surface area contributed by atoms with Crippen LogP contribution >= 0.6 is 0 Å². The minimum Gasteiger partial charge on any atom is -0.308 e. The average molecular weight is 249 g/mol. The van der Waals surface area contributed by atoms with E-state index in [-0.39, 0.29) is 11.3 Å². The number of urea groups is 1. The first kappa shape index (κ1) is 13.4. The fourth-order valence-corrected chi connectivity index (χ4v) is 1.04. The van der Waals surface area contributed by atoms with Crippen molar-refractivity contribution in [1.82, 2.24) is 5.32 Å². The summed E-state index contributed by atoms with van der Waals surface area (Å²) in [5.41, 5.74) is 0.459. The molecule has 0 aliphatic carbocycles. The van der Waals surface area contributed by atoms with Crippen molar-refractivity contribution in [3.05, 3.63) is 46.5 Å². The highest BCUT2D eigenvalue weighted by Gasteiger charge is 2.09. The molecule has 0 aliphatic heterocycles. The Labute approximate surface area is 103 Å². The summed E-state index contributed by atoms with van der Waals surface area (Å²) in [5, 5.41) is 14.8. The van der Waals surface area contributed by atoms with Crippen LogP contribution in [-0.4, -0.2) is 16.9 Å². The van der Waals surface area contributed by atoms with Crippen molar-refractivity contribution in [1.29, 1.82) is 0 Å². The fourth-order valence-electron chi connectivity index (χ4n) is 1.04. The Morgan fingerprint density at radius 1 is 1.28 bits per heavy atom. The molecule has 1 aromatic carbocycles. The number of rotatable bonds is 3. The van der Waals surface area contributed by atoms with Gasteiger partial charge in [0.1, 0.15) is 0 Å². The van der Waals surface area contributed by atoms with Crippen LogP contribution in [0.5, 0.6) is 0 Å². The number of nitro benzene ring substituents is 1. The topological polar surface area (TPSA) is 101 Å². The minimum absolute atomic E-state index is 0.0843. The van der Waals surface area contributed by atoms with E-state index in [2.05, 4.69) is 11.9 Å². The number of nitrogens with zero attached hydrogens (tertiary/aromatic N) is 1. The molecular weight excluding hydrogens is 238 g/mol. The van der Waals surface area contributed by atoms with Gasteiger partial charge in [0.25, 0.3) is 11.6 Å². The van der Waals surface area contributed by atoms with Crippen molar-refractivity contribution in [2.45, 2.75) is 6.92 Å². The van der Waals surface area contributed by atoms with E-state index in [1.807, 2.05) is 5.32 Å². The molecule has 0 aromatic heterocycles. The van der Waals surface area contributed by atoms with E-state index in [0.717, 1.165) is 0 Å². The normalized spacial score (nSPS) is 9.39. The molecule has 0 heterocycles. The number of anilines is 1. The lowest BCUT2D eigenvalue weighted by Crippen LogP contribution is -2.34. The number of amides is 3. The molecule has 7 nitrogen and oxygen atoms in total. The third kappa shape index (κ3) is 3.71. The summed E-state index contributed by atoms with van der Waals surface area (Å²) in [6, 6.07) is 4.50. The maximum atomic E-state index is 11.3. The molecule has 1 rings (SSSR count). The first-order valence-corrected chi connectivity index (χ1v) is 4.92. The zero-order valence-electron chi connectivity index (χ0n) is 9.60. The second-order valence-electron chi connectivity index (χ2n) is 3.49. The van der Waals surface area contributed by atoms with E-state index in [1.54, 1.807) is 0 Å². The van der Waals surface area contributed by atoms with Gasteiger partial charge in [0, 0.05) is 23.4 Å². The first-order valence-electron chi connectivity index (χ1n) is 4.92. The molecule has 0 fully saturated rings. The van der Waals surface area contributed by atoms with Crippen LogP contribution in [0.25, 0.3) is 0 Å². The summed E-state index contributed by atoms with van der Waals surface area (Å²) in [4.78, 5) is 32.3. The molecule has 0 spiro atoms. The van der Waals surface area contributed by atoms with Crippen LogP contribution in [0, 0.1) is 10.1 Å². The minimum atomic E-state index is -0.725. The SMILES string of the molecule is C=C(C)C(=O)NC(=O)Nc1ccc([N+](=O)[O-])cc1. The molecule has 0 saturated carbocycles. The summed E-state index contributed by atoms with van der Waals surface area (Å²) in [7, 11) is 0. The highest BCUT2D eigenvalue weighted by atomic mass is 16.6. The summed E-state index contributed by atoms with van der Waals surface area (Å²) in [5.74, 6) is -0.589. The Bertz CT molecular complexity index is 508. The number of carbonyl (C=O) groups excluding carboxylic acids is 2. The second-order valence-corrected chi connectivity index (χ2v) is 3.49. The van der Waals surface area contributed by atoms with Gasteiger partial charge in [0.05, 0.1) is 4.92 Å². The van der Waals surface area contributed by atoms with Gasteiger partial charge in [0.2, 0.25) is 0 Å². The monoisotopic (exact) mass is 249 g/mol. The molecule has 0 unspecified atom stereocenters. The van der Waals surface area contributed by atoms with Gasteiger partial charge in [-0.1, -0.05) is 6.58 Å². The zero-order chi connectivity index (χ0) is 13.7. The number of hydrogen-bond donors (Lipinski definition) is 2.